The third kappa shape index (κ3) is 4.83. The Morgan fingerprint density at radius 2 is 2.27 bits per heavy atom. The maximum absolute atomic E-state index is 5.28. The van der Waals surface area contributed by atoms with Crippen LogP contribution in [0.5, 0.6) is 5.75 Å². The predicted molar refractivity (Wildman–Crippen MR) is 95.9 cm³/mol. The molecule has 0 atom stereocenters. The van der Waals surface area contributed by atoms with Gasteiger partial charge in [-0.3, -0.25) is 0 Å². The van der Waals surface area contributed by atoms with E-state index >= 15 is 0 Å². The highest BCUT2D eigenvalue weighted by Crippen LogP contribution is 2.29. The summed E-state index contributed by atoms with van der Waals surface area (Å²) >= 11 is 2.04. The number of hydrogen-bond acceptors (Lipinski definition) is 3. The van der Waals surface area contributed by atoms with Crippen LogP contribution in [0.3, 0.4) is 0 Å². The number of thioether (sulfide) groups is 1. The van der Waals surface area contributed by atoms with Crippen molar-refractivity contribution in [3.63, 3.8) is 0 Å². The molecule has 0 aromatic heterocycles. The van der Waals surface area contributed by atoms with Crippen molar-refractivity contribution in [3.8, 4) is 5.75 Å². The Hall–Kier alpha value is -1.36. The Kier molecular flexibility index (Phi) is 6.00. The monoisotopic (exact) mass is 321 g/mol. The number of rotatable bonds is 4. The maximum atomic E-state index is 5.28. The van der Waals surface area contributed by atoms with Crippen LogP contribution in [0.2, 0.25) is 0 Å². The molecule has 4 nitrogen and oxygen atoms in total. The molecule has 22 heavy (non-hydrogen) atoms. The van der Waals surface area contributed by atoms with Crippen LogP contribution < -0.4 is 10.1 Å². The number of methoxy groups -OCH3 is 1. The van der Waals surface area contributed by atoms with Crippen molar-refractivity contribution in [3.05, 3.63) is 29.8 Å². The lowest BCUT2D eigenvalue weighted by Crippen LogP contribution is -2.50. The summed E-state index contributed by atoms with van der Waals surface area (Å²) in [5.41, 5.74) is 1.17. The summed E-state index contributed by atoms with van der Waals surface area (Å²) in [4.78, 5) is 7.19. The topological polar surface area (TPSA) is 36.9 Å². The number of hydrogen-bond donors (Lipinski definition) is 1. The van der Waals surface area contributed by atoms with Crippen molar-refractivity contribution in [1.29, 1.82) is 0 Å². The highest BCUT2D eigenvalue weighted by Gasteiger charge is 2.28. The van der Waals surface area contributed by atoms with Crippen LogP contribution in [0, 0.1) is 0 Å². The van der Waals surface area contributed by atoms with Crippen molar-refractivity contribution in [1.82, 2.24) is 10.2 Å². The average Bonchev–Trinajstić information content (AvgIpc) is 2.50. The molecule has 1 N–H and O–H groups in total. The summed E-state index contributed by atoms with van der Waals surface area (Å²) in [6.07, 6.45) is 0. The molecule has 0 saturated carbocycles. The second kappa shape index (κ2) is 7.77. The molecule has 5 heteroatoms. The predicted octanol–water partition coefficient (Wildman–Crippen LogP) is 2.99. The number of nitrogens with zero attached hydrogens (tertiary/aromatic N) is 2. The molecule has 1 aromatic rings. The van der Waals surface area contributed by atoms with Gasteiger partial charge >= 0.3 is 0 Å². The first-order valence-electron chi connectivity index (χ1n) is 7.84. The van der Waals surface area contributed by atoms with Gasteiger partial charge in [-0.1, -0.05) is 12.1 Å². The Labute approximate surface area is 138 Å². The van der Waals surface area contributed by atoms with E-state index in [4.69, 9.17) is 9.73 Å². The fourth-order valence-electron chi connectivity index (χ4n) is 2.56. The molecule has 0 unspecified atom stereocenters. The van der Waals surface area contributed by atoms with Gasteiger partial charge in [0.15, 0.2) is 5.96 Å². The lowest BCUT2D eigenvalue weighted by atomic mass is 10.2. The van der Waals surface area contributed by atoms with Crippen LogP contribution in [-0.2, 0) is 6.54 Å². The minimum atomic E-state index is 0.282. The molecule has 0 amide bonds. The van der Waals surface area contributed by atoms with Crippen LogP contribution in [-0.4, -0.2) is 48.1 Å². The van der Waals surface area contributed by atoms with E-state index in [1.165, 1.54) is 5.56 Å². The van der Waals surface area contributed by atoms with Gasteiger partial charge in [-0.15, -0.1) is 0 Å². The van der Waals surface area contributed by atoms with E-state index in [0.29, 0.717) is 6.54 Å². The molecule has 1 saturated heterocycles. The van der Waals surface area contributed by atoms with E-state index in [2.05, 4.69) is 37.1 Å². The van der Waals surface area contributed by atoms with Gasteiger partial charge in [0.25, 0.3) is 0 Å². The second-order valence-corrected chi connectivity index (χ2v) is 7.85. The summed E-state index contributed by atoms with van der Waals surface area (Å²) in [6.45, 7) is 10.4. The van der Waals surface area contributed by atoms with Gasteiger partial charge in [0, 0.05) is 30.1 Å². The number of guanidine groups is 1. The van der Waals surface area contributed by atoms with Crippen LogP contribution in [0.4, 0.5) is 0 Å². The minimum Gasteiger partial charge on any atom is -0.497 e. The van der Waals surface area contributed by atoms with Gasteiger partial charge in [0.05, 0.1) is 13.7 Å². The second-order valence-electron chi connectivity index (χ2n) is 6.05. The first-order chi connectivity index (χ1) is 10.5. The Morgan fingerprint density at radius 3 is 2.95 bits per heavy atom. The minimum absolute atomic E-state index is 0.282. The Bertz CT molecular complexity index is 516. The quantitative estimate of drug-likeness (QED) is 0.683. The van der Waals surface area contributed by atoms with Crippen LogP contribution in [0.15, 0.2) is 29.3 Å². The van der Waals surface area contributed by atoms with Gasteiger partial charge in [-0.25, -0.2) is 4.99 Å². The van der Waals surface area contributed by atoms with E-state index < -0.39 is 0 Å². The fourth-order valence-corrected chi connectivity index (χ4v) is 3.67. The molecule has 0 aliphatic carbocycles. The van der Waals surface area contributed by atoms with Crippen molar-refractivity contribution >= 4 is 17.7 Å². The normalized spacial score (nSPS) is 18.2. The van der Waals surface area contributed by atoms with E-state index in [9.17, 15) is 0 Å². The van der Waals surface area contributed by atoms with Crippen LogP contribution in [0.1, 0.15) is 26.3 Å². The van der Waals surface area contributed by atoms with Crippen molar-refractivity contribution in [2.45, 2.75) is 32.1 Å². The van der Waals surface area contributed by atoms with Crippen molar-refractivity contribution in [2.75, 3.05) is 32.5 Å². The summed E-state index contributed by atoms with van der Waals surface area (Å²) in [6, 6.07) is 8.11. The van der Waals surface area contributed by atoms with Crippen LogP contribution >= 0.6 is 11.8 Å². The lowest BCUT2D eigenvalue weighted by Gasteiger charge is -2.39. The van der Waals surface area contributed by atoms with E-state index in [0.717, 1.165) is 37.1 Å². The molecule has 1 fully saturated rings. The van der Waals surface area contributed by atoms with Gasteiger partial charge in [-0.05, 0) is 38.5 Å². The summed E-state index contributed by atoms with van der Waals surface area (Å²) in [5, 5.41) is 3.42. The molecule has 1 aliphatic rings. The summed E-state index contributed by atoms with van der Waals surface area (Å²) in [5.74, 6) is 3.04. The number of aliphatic imine (C=N–C) groups is 1. The molecule has 1 aromatic carbocycles. The standard InChI is InChI=1S/C17H27N3OS/c1-5-18-16(20-9-10-22-17(2,3)13-20)19-12-14-7-6-8-15(11-14)21-4/h6-8,11H,5,9-10,12-13H2,1-4H3,(H,18,19). The zero-order valence-electron chi connectivity index (χ0n) is 14.1. The zero-order valence-corrected chi connectivity index (χ0v) is 14.9. The molecule has 2 rings (SSSR count). The SMILES string of the molecule is CCNC(=NCc1cccc(OC)c1)N1CCSC(C)(C)C1. The Balaban J connectivity index is 2.09. The molecule has 0 radical (unpaired) electrons. The number of benzene rings is 1. The Morgan fingerprint density at radius 1 is 1.45 bits per heavy atom. The smallest absolute Gasteiger partial charge is 0.194 e. The highest BCUT2D eigenvalue weighted by molar-refractivity contribution is 8.00. The van der Waals surface area contributed by atoms with Crippen LogP contribution in [0.25, 0.3) is 0 Å². The molecular weight excluding hydrogens is 294 g/mol. The number of nitrogens with one attached hydrogen (secondary N) is 1. The first kappa shape index (κ1) is 17.0. The molecule has 122 valence electrons. The molecule has 1 aliphatic heterocycles. The first-order valence-corrected chi connectivity index (χ1v) is 8.83. The van der Waals surface area contributed by atoms with Crippen molar-refractivity contribution in [2.24, 2.45) is 4.99 Å². The van der Waals surface area contributed by atoms with E-state index in [-0.39, 0.29) is 4.75 Å². The van der Waals surface area contributed by atoms with Gasteiger partial charge in [-0.2, -0.15) is 11.8 Å². The summed E-state index contributed by atoms with van der Waals surface area (Å²) in [7, 11) is 1.69. The third-order valence-corrected chi connectivity index (χ3v) is 4.90. The van der Waals surface area contributed by atoms with Crippen molar-refractivity contribution < 1.29 is 4.74 Å². The van der Waals surface area contributed by atoms with E-state index in [1.807, 2.05) is 30.0 Å². The van der Waals surface area contributed by atoms with Gasteiger partial charge in [0.1, 0.15) is 5.75 Å². The molecule has 0 bridgehead atoms. The molecular formula is C17H27N3OS. The summed E-state index contributed by atoms with van der Waals surface area (Å²) < 4.78 is 5.56. The van der Waals surface area contributed by atoms with Gasteiger partial charge in [0.2, 0.25) is 0 Å². The maximum Gasteiger partial charge on any atom is 0.194 e. The third-order valence-electron chi connectivity index (χ3n) is 3.61. The molecule has 1 heterocycles. The average molecular weight is 321 g/mol. The number of ether oxygens (including phenoxy) is 1. The highest BCUT2D eigenvalue weighted by atomic mass is 32.2. The van der Waals surface area contributed by atoms with E-state index in [1.54, 1.807) is 7.11 Å². The molecule has 0 spiro atoms. The largest absolute Gasteiger partial charge is 0.497 e. The fraction of sp³-hybridized carbons (Fsp3) is 0.588. The zero-order chi connectivity index (χ0) is 16.0. The lowest BCUT2D eigenvalue weighted by molar-refractivity contribution is 0.376. The van der Waals surface area contributed by atoms with Gasteiger partial charge < -0.3 is 15.0 Å².